The summed E-state index contributed by atoms with van der Waals surface area (Å²) in [6.07, 6.45) is 4.68. The summed E-state index contributed by atoms with van der Waals surface area (Å²) in [5, 5.41) is 9.54. The number of aliphatic hydroxyl groups is 1. The first-order valence-corrected chi connectivity index (χ1v) is 10.1. The Morgan fingerprint density at radius 3 is 2.55 bits per heavy atom. The maximum Gasteiger partial charge on any atom is 0.279 e. The molecule has 1 aliphatic heterocycles. The van der Waals surface area contributed by atoms with Gasteiger partial charge in [-0.1, -0.05) is 13.3 Å². The molecule has 2 atom stereocenters. The minimum Gasteiger partial charge on any atom is -0.396 e. The molecular weight excluding hydrogens is 296 g/mol. The molecule has 20 heavy (non-hydrogen) atoms. The van der Waals surface area contributed by atoms with Gasteiger partial charge in [0.1, 0.15) is 0 Å². The molecule has 1 heterocycles. The van der Waals surface area contributed by atoms with Crippen molar-refractivity contribution >= 4 is 22.0 Å². The second kappa shape index (κ2) is 7.45. The van der Waals surface area contributed by atoms with Crippen molar-refractivity contribution < 1.29 is 13.5 Å². The number of piperidine rings is 1. The summed E-state index contributed by atoms with van der Waals surface area (Å²) in [4.78, 5) is 0. The van der Waals surface area contributed by atoms with Gasteiger partial charge < -0.3 is 5.11 Å². The normalized spacial score (nSPS) is 29.9. The van der Waals surface area contributed by atoms with Gasteiger partial charge in [0.05, 0.1) is 0 Å². The molecule has 0 aromatic rings. The van der Waals surface area contributed by atoms with E-state index in [1.165, 1.54) is 0 Å². The minimum absolute atomic E-state index is 0.0838. The molecular formula is C13H26N2O3S2. The Hall–Kier alpha value is 0.180. The third-order valence-electron chi connectivity index (χ3n) is 4.31. The lowest BCUT2D eigenvalue weighted by Crippen LogP contribution is -2.49. The first-order valence-electron chi connectivity index (χ1n) is 7.56. The Morgan fingerprint density at radius 1 is 1.25 bits per heavy atom. The van der Waals surface area contributed by atoms with E-state index in [9.17, 15) is 8.42 Å². The third-order valence-corrected chi connectivity index (χ3v) is 7.28. The van der Waals surface area contributed by atoms with E-state index < -0.39 is 10.2 Å². The third kappa shape index (κ3) is 4.10. The summed E-state index contributed by atoms with van der Waals surface area (Å²) in [6, 6.07) is 0.0838. The molecule has 0 aromatic heterocycles. The molecule has 2 N–H and O–H groups in total. The number of aliphatic hydroxyl groups excluding tert-OH is 1. The van der Waals surface area contributed by atoms with Gasteiger partial charge >= 0.3 is 0 Å². The molecule has 2 unspecified atom stereocenters. The fourth-order valence-corrected chi connectivity index (χ4v) is 5.86. The molecule has 2 rings (SSSR count). The van der Waals surface area contributed by atoms with Gasteiger partial charge in [0.15, 0.2) is 0 Å². The van der Waals surface area contributed by atoms with E-state index >= 15 is 0 Å². The Balaban J connectivity index is 1.90. The molecule has 0 bridgehead atoms. The van der Waals surface area contributed by atoms with Gasteiger partial charge in [-0.3, -0.25) is 0 Å². The molecule has 118 valence electrons. The lowest BCUT2D eigenvalue weighted by atomic mass is 10.00. The summed E-state index contributed by atoms with van der Waals surface area (Å²) in [6.45, 7) is 3.34. The van der Waals surface area contributed by atoms with Gasteiger partial charge in [0, 0.05) is 31.0 Å². The second-order valence-corrected chi connectivity index (χ2v) is 8.90. The molecule has 2 fully saturated rings. The standard InChI is InChI=1S/C13H26N2O3S2/c1-2-19-13-5-3-4-12(13)14-20(17,18)15-8-6-11(10-16)7-9-15/h11-14,16H,2-10H2,1H3. The van der Waals surface area contributed by atoms with Crippen LogP contribution < -0.4 is 4.72 Å². The van der Waals surface area contributed by atoms with Crippen LogP contribution in [-0.4, -0.2) is 54.6 Å². The van der Waals surface area contributed by atoms with Crippen LogP contribution in [0.3, 0.4) is 0 Å². The summed E-state index contributed by atoms with van der Waals surface area (Å²) >= 11 is 1.86. The fraction of sp³-hybridized carbons (Fsp3) is 1.00. The molecule has 1 saturated carbocycles. The fourth-order valence-electron chi connectivity index (χ4n) is 3.07. The lowest BCUT2D eigenvalue weighted by molar-refractivity contribution is 0.169. The molecule has 0 aromatic carbocycles. The highest BCUT2D eigenvalue weighted by Crippen LogP contribution is 2.30. The average molecular weight is 322 g/mol. The van der Waals surface area contributed by atoms with Gasteiger partial charge in [0.2, 0.25) is 0 Å². The summed E-state index contributed by atoms with van der Waals surface area (Å²) < 4.78 is 29.3. The summed E-state index contributed by atoms with van der Waals surface area (Å²) in [5.74, 6) is 1.29. The lowest BCUT2D eigenvalue weighted by Gasteiger charge is -2.32. The van der Waals surface area contributed by atoms with Crippen LogP contribution >= 0.6 is 11.8 Å². The van der Waals surface area contributed by atoms with Crippen molar-refractivity contribution in [2.45, 2.75) is 50.3 Å². The van der Waals surface area contributed by atoms with E-state index in [1.807, 2.05) is 11.8 Å². The molecule has 5 nitrogen and oxygen atoms in total. The summed E-state index contributed by atoms with van der Waals surface area (Å²) in [7, 11) is -3.36. The van der Waals surface area contributed by atoms with Crippen LogP contribution in [0.2, 0.25) is 0 Å². The number of rotatable bonds is 6. The Morgan fingerprint density at radius 2 is 1.95 bits per heavy atom. The minimum atomic E-state index is -3.36. The first kappa shape index (κ1) is 16.5. The van der Waals surface area contributed by atoms with Crippen molar-refractivity contribution in [2.75, 3.05) is 25.4 Å². The Labute approximate surface area is 126 Å². The van der Waals surface area contributed by atoms with Gasteiger partial charge in [-0.15, -0.1) is 0 Å². The van der Waals surface area contributed by atoms with Crippen molar-refractivity contribution in [3.8, 4) is 0 Å². The van der Waals surface area contributed by atoms with Crippen LogP contribution in [0.1, 0.15) is 39.0 Å². The SMILES string of the molecule is CCSC1CCCC1NS(=O)(=O)N1CCC(CO)CC1. The van der Waals surface area contributed by atoms with Crippen LogP contribution in [0.4, 0.5) is 0 Å². The monoisotopic (exact) mass is 322 g/mol. The zero-order chi connectivity index (χ0) is 14.6. The maximum atomic E-state index is 12.4. The highest BCUT2D eigenvalue weighted by atomic mass is 32.2. The predicted octanol–water partition coefficient (Wildman–Crippen LogP) is 1.20. The average Bonchev–Trinajstić information content (AvgIpc) is 2.86. The van der Waals surface area contributed by atoms with E-state index in [0.717, 1.165) is 37.9 Å². The van der Waals surface area contributed by atoms with Crippen LogP contribution in [0.15, 0.2) is 0 Å². The van der Waals surface area contributed by atoms with Crippen molar-refractivity contribution in [1.82, 2.24) is 9.03 Å². The molecule has 1 saturated heterocycles. The first-order chi connectivity index (χ1) is 9.56. The van der Waals surface area contributed by atoms with Crippen LogP contribution in [-0.2, 0) is 10.2 Å². The molecule has 0 spiro atoms. The largest absolute Gasteiger partial charge is 0.396 e. The predicted molar refractivity (Wildman–Crippen MR) is 83.0 cm³/mol. The summed E-state index contributed by atoms with van der Waals surface area (Å²) in [5.41, 5.74) is 0. The van der Waals surface area contributed by atoms with Gasteiger partial charge in [0.25, 0.3) is 10.2 Å². The highest BCUT2D eigenvalue weighted by molar-refractivity contribution is 8.00. The zero-order valence-corrected chi connectivity index (χ0v) is 13.8. The van der Waals surface area contributed by atoms with Gasteiger partial charge in [-0.2, -0.15) is 29.2 Å². The van der Waals surface area contributed by atoms with Crippen molar-refractivity contribution in [2.24, 2.45) is 5.92 Å². The van der Waals surface area contributed by atoms with E-state index in [1.54, 1.807) is 4.31 Å². The topological polar surface area (TPSA) is 69.6 Å². The number of nitrogens with one attached hydrogen (secondary N) is 1. The van der Waals surface area contributed by atoms with E-state index in [-0.39, 0.29) is 18.6 Å². The highest BCUT2D eigenvalue weighted by Gasteiger charge is 2.34. The Bertz CT molecular complexity index is 394. The van der Waals surface area contributed by atoms with Crippen LogP contribution in [0.5, 0.6) is 0 Å². The molecule has 0 radical (unpaired) electrons. The van der Waals surface area contributed by atoms with Crippen LogP contribution in [0.25, 0.3) is 0 Å². The number of hydrogen-bond acceptors (Lipinski definition) is 4. The quantitative estimate of drug-likeness (QED) is 0.771. The molecule has 0 amide bonds. The molecule has 7 heteroatoms. The van der Waals surface area contributed by atoms with E-state index in [4.69, 9.17) is 5.11 Å². The smallest absolute Gasteiger partial charge is 0.279 e. The van der Waals surface area contributed by atoms with Gasteiger partial charge in [-0.05, 0) is 37.4 Å². The van der Waals surface area contributed by atoms with Crippen molar-refractivity contribution in [1.29, 1.82) is 0 Å². The number of nitrogens with zero attached hydrogens (tertiary/aromatic N) is 1. The van der Waals surface area contributed by atoms with Gasteiger partial charge in [-0.25, -0.2) is 0 Å². The molecule has 1 aliphatic carbocycles. The van der Waals surface area contributed by atoms with E-state index in [0.29, 0.717) is 18.3 Å². The Kier molecular flexibility index (Phi) is 6.16. The van der Waals surface area contributed by atoms with Crippen LogP contribution in [0, 0.1) is 5.92 Å². The number of thioether (sulfide) groups is 1. The van der Waals surface area contributed by atoms with E-state index in [2.05, 4.69) is 11.6 Å². The van der Waals surface area contributed by atoms with Crippen molar-refractivity contribution in [3.63, 3.8) is 0 Å². The second-order valence-electron chi connectivity index (χ2n) is 5.68. The number of hydrogen-bond donors (Lipinski definition) is 2. The maximum absolute atomic E-state index is 12.4. The van der Waals surface area contributed by atoms with Crippen molar-refractivity contribution in [3.05, 3.63) is 0 Å². The molecule has 2 aliphatic rings. The zero-order valence-electron chi connectivity index (χ0n) is 12.1.